The van der Waals surface area contributed by atoms with Gasteiger partial charge in [0.25, 0.3) is 0 Å². The molecule has 7 heteroatoms. The van der Waals surface area contributed by atoms with Crippen LogP contribution in [0.25, 0.3) is 0 Å². The Morgan fingerprint density at radius 3 is 2.71 bits per heavy atom. The molecule has 21 heavy (non-hydrogen) atoms. The Balaban J connectivity index is 2.21. The molecule has 120 valence electrons. The minimum atomic E-state index is -3.38. The van der Waals surface area contributed by atoms with Gasteiger partial charge in [0.2, 0.25) is 10.0 Å². The zero-order valence-electron chi connectivity index (χ0n) is 12.6. The lowest BCUT2D eigenvalue weighted by molar-refractivity contribution is 0.395. The fourth-order valence-electron chi connectivity index (χ4n) is 2.20. The van der Waals surface area contributed by atoms with Crippen molar-refractivity contribution in [3.8, 4) is 0 Å². The first-order chi connectivity index (χ1) is 9.98. The lowest BCUT2D eigenvalue weighted by atomic mass is 10.4. The lowest BCUT2D eigenvalue weighted by Crippen LogP contribution is -2.33. The molecule has 0 radical (unpaired) electrons. The molecule has 1 heterocycles. The lowest BCUT2D eigenvalue weighted by Gasteiger charge is -2.21. The maximum absolute atomic E-state index is 12.9. The second-order valence-electron chi connectivity index (χ2n) is 5.44. The number of halogens is 1. The van der Waals surface area contributed by atoms with Gasteiger partial charge in [0.15, 0.2) is 0 Å². The van der Waals surface area contributed by atoms with Crippen molar-refractivity contribution < 1.29 is 8.42 Å². The fraction of sp³-hybridized carbons (Fsp3) is 0.714. The summed E-state index contributed by atoms with van der Waals surface area (Å²) in [6, 6.07) is 1.81. The Kier molecular flexibility index (Phi) is 6.25. The molecule has 1 aromatic heterocycles. The van der Waals surface area contributed by atoms with Gasteiger partial charge in [-0.2, -0.15) is 4.31 Å². The number of nitrogens with zero attached hydrogens (tertiary/aromatic N) is 1. The van der Waals surface area contributed by atoms with Gasteiger partial charge in [-0.25, -0.2) is 8.42 Å². The van der Waals surface area contributed by atoms with E-state index < -0.39 is 10.0 Å². The van der Waals surface area contributed by atoms with Gasteiger partial charge in [0, 0.05) is 24.5 Å². The minimum Gasteiger partial charge on any atom is -0.312 e. The molecule has 2 rings (SSSR count). The molecule has 1 aliphatic carbocycles. The number of hydrogen-bond acceptors (Lipinski definition) is 4. The summed E-state index contributed by atoms with van der Waals surface area (Å²) >= 11 is 4.93. The van der Waals surface area contributed by atoms with Gasteiger partial charge < -0.3 is 5.32 Å². The number of nitrogens with one attached hydrogen (secondary N) is 1. The van der Waals surface area contributed by atoms with Crippen LogP contribution in [-0.4, -0.2) is 32.4 Å². The molecule has 1 fully saturated rings. The third-order valence-corrected chi connectivity index (χ3v) is 7.62. The molecule has 0 unspecified atom stereocenters. The van der Waals surface area contributed by atoms with E-state index in [1.165, 1.54) is 11.3 Å². The average Bonchev–Trinajstić information content (AvgIpc) is 3.17. The summed E-state index contributed by atoms with van der Waals surface area (Å²) in [5, 5.41) is 3.23. The summed E-state index contributed by atoms with van der Waals surface area (Å²) in [5.74, 6) is 0.560. The van der Waals surface area contributed by atoms with Crippen molar-refractivity contribution in [1.82, 2.24) is 9.62 Å². The molecule has 0 bridgehead atoms. The molecule has 0 aliphatic heterocycles. The van der Waals surface area contributed by atoms with E-state index in [0.717, 1.165) is 30.7 Å². The van der Waals surface area contributed by atoms with Crippen molar-refractivity contribution in [2.75, 3.05) is 19.6 Å². The third kappa shape index (κ3) is 4.51. The SMILES string of the molecule is CCCN(CC1CC1)S(=O)(=O)c1cc(CNCC)sc1Br. The second kappa shape index (κ2) is 7.55. The fourth-order valence-corrected chi connectivity index (χ4v) is 6.41. The summed E-state index contributed by atoms with van der Waals surface area (Å²) in [5.41, 5.74) is 0. The van der Waals surface area contributed by atoms with E-state index in [4.69, 9.17) is 0 Å². The highest BCUT2D eigenvalue weighted by atomic mass is 79.9. The first-order valence-corrected chi connectivity index (χ1v) is 10.5. The highest BCUT2D eigenvalue weighted by molar-refractivity contribution is 9.11. The number of rotatable bonds is 9. The van der Waals surface area contributed by atoms with Gasteiger partial charge in [0.1, 0.15) is 4.90 Å². The summed E-state index contributed by atoms with van der Waals surface area (Å²) in [6.07, 6.45) is 3.16. The molecule has 0 saturated heterocycles. The quantitative estimate of drug-likeness (QED) is 0.697. The molecule has 1 aromatic rings. The molecule has 1 saturated carbocycles. The maximum atomic E-state index is 12.9. The van der Waals surface area contributed by atoms with Crippen LogP contribution < -0.4 is 5.32 Å². The molecule has 0 atom stereocenters. The first-order valence-electron chi connectivity index (χ1n) is 7.48. The largest absolute Gasteiger partial charge is 0.312 e. The Hall–Kier alpha value is 0.0500. The molecule has 1 aliphatic rings. The van der Waals surface area contributed by atoms with E-state index in [1.807, 2.05) is 19.9 Å². The predicted molar refractivity (Wildman–Crippen MR) is 91.2 cm³/mol. The van der Waals surface area contributed by atoms with Crippen molar-refractivity contribution in [3.05, 3.63) is 14.7 Å². The van der Waals surface area contributed by atoms with Gasteiger partial charge in [-0.15, -0.1) is 11.3 Å². The minimum absolute atomic E-state index is 0.425. The number of thiophene rings is 1. The monoisotopic (exact) mass is 394 g/mol. The molecule has 0 amide bonds. The van der Waals surface area contributed by atoms with Crippen molar-refractivity contribution >= 4 is 37.3 Å². The van der Waals surface area contributed by atoms with E-state index in [2.05, 4.69) is 21.2 Å². The molecular formula is C14H23BrN2O2S2. The van der Waals surface area contributed by atoms with Crippen molar-refractivity contribution in [3.63, 3.8) is 0 Å². The van der Waals surface area contributed by atoms with Crippen LogP contribution in [0, 0.1) is 5.92 Å². The topological polar surface area (TPSA) is 49.4 Å². The first kappa shape index (κ1) is 17.4. The Labute approximate surface area is 140 Å². The zero-order chi connectivity index (χ0) is 15.5. The summed E-state index contributed by atoms with van der Waals surface area (Å²) in [7, 11) is -3.38. The van der Waals surface area contributed by atoms with Gasteiger partial charge in [-0.3, -0.25) is 0 Å². The molecule has 4 nitrogen and oxygen atoms in total. The van der Waals surface area contributed by atoms with Crippen LogP contribution >= 0.6 is 27.3 Å². The Morgan fingerprint density at radius 1 is 1.43 bits per heavy atom. The Bertz CT molecular complexity index is 568. The van der Waals surface area contributed by atoms with Crippen LogP contribution in [0.15, 0.2) is 14.7 Å². The van der Waals surface area contributed by atoms with Gasteiger partial charge >= 0.3 is 0 Å². The summed E-state index contributed by atoms with van der Waals surface area (Å²) < 4.78 is 28.1. The number of sulfonamides is 1. The number of hydrogen-bond donors (Lipinski definition) is 1. The maximum Gasteiger partial charge on any atom is 0.245 e. The molecular weight excluding hydrogens is 372 g/mol. The second-order valence-corrected chi connectivity index (χ2v) is 9.80. The molecule has 0 aromatic carbocycles. The molecule has 1 N–H and O–H groups in total. The van der Waals surface area contributed by atoms with Crippen LogP contribution in [0.5, 0.6) is 0 Å². The highest BCUT2D eigenvalue weighted by Crippen LogP contribution is 2.36. The van der Waals surface area contributed by atoms with Crippen LogP contribution in [0.3, 0.4) is 0 Å². The third-order valence-electron chi connectivity index (χ3n) is 3.51. The van der Waals surface area contributed by atoms with E-state index in [1.54, 1.807) is 4.31 Å². The van der Waals surface area contributed by atoms with Crippen molar-refractivity contribution in [1.29, 1.82) is 0 Å². The van der Waals surface area contributed by atoms with E-state index in [-0.39, 0.29) is 0 Å². The summed E-state index contributed by atoms with van der Waals surface area (Å²) in [6.45, 7) is 6.92. The highest BCUT2D eigenvalue weighted by Gasteiger charge is 2.33. The van der Waals surface area contributed by atoms with E-state index in [9.17, 15) is 8.42 Å². The van der Waals surface area contributed by atoms with Crippen LogP contribution in [-0.2, 0) is 16.6 Å². The zero-order valence-corrected chi connectivity index (χ0v) is 15.8. The molecule has 0 spiro atoms. The smallest absolute Gasteiger partial charge is 0.245 e. The summed E-state index contributed by atoms with van der Waals surface area (Å²) in [4.78, 5) is 1.47. The van der Waals surface area contributed by atoms with E-state index >= 15 is 0 Å². The van der Waals surface area contributed by atoms with Crippen LogP contribution in [0.2, 0.25) is 0 Å². The standard InChI is InChI=1S/C14H23BrN2O2S2/c1-3-7-17(10-11-5-6-11)21(18,19)13-8-12(9-16-4-2)20-14(13)15/h8,11,16H,3-7,9-10H2,1-2H3. The Morgan fingerprint density at radius 2 is 2.14 bits per heavy atom. The normalized spacial score (nSPS) is 15.8. The van der Waals surface area contributed by atoms with Crippen molar-refractivity contribution in [2.24, 2.45) is 5.92 Å². The predicted octanol–water partition coefficient (Wildman–Crippen LogP) is 3.43. The van der Waals surface area contributed by atoms with Crippen LogP contribution in [0.1, 0.15) is 38.0 Å². The average molecular weight is 395 g/mol. The van der Waals surface area contributed by atoms with Crippen molar-refractivity contribution in [2.45, 2.75) is 44.6 Å². The van der Waals surface area contributed by atoms with Crippen LogP contribution in [0.4, 0.5) is 0 Å². The van der Waals surface area contributed by atoms with Gasteiger partial charge in [-0.1, -0.05) is 13.8 Å². The van der Waals surface area contributed by atoms with Gasteiger partial charge in [0.05, 0.1) is 3.79 Å². The van der Waals surface area contributed by atoms with Gasteiger partial charge in [-0.05, 0) is 53.7 Å². The van der Waals surface area contributed by atoms with E-state index in [0.29, 0.717) is 34.2 Å².